The predicted octanol–water partition coefficient (Wildman–Crippen LogP) is 3.00. The summed E-state index contributed by atoms with van der Waals surface area (Å²) in [7, 11) is 1.58. The molecule has 0 saturated heterocycles. The molecule has 132 valence electrons. The summed E-state index contributed by atoms with van der Waals surface area (Å²) in [5.41, 5.74) is 1.49. The molecule has 0 spiro atoms. The van der Waals surface area contributed by atoms with Gasteiger partial charge in [0.1, 0.15) is 5.75 Å². The Hall–Kier alpha value is -3.09. The van der Waals surface area contributed by atoms with Crippen molar-refractivity contribution in [1.29, 1.82) is 0 Å². The molecule has 1 atom stereocenters. The minimum Gasteiger partial charge on any atom is -0.497 e. The van der Waals surface area contributed by atoms with Gasteiger partial charge in [0, 0.05) is 12.6 Å². The molecule has 25 heavy (non-hydrogen) atoms. The molecule has 0 aliphatic rings. The van der Waals surface area contributed by atoms with Gasteiger partial charge in [0.15, 0.2) is 11.9 Å². The standard InChI is InChI=1S/C18H20N2O5/c1-12-4-9-17(16(10-12)20(22)23)25-13(2)18(21)19-11-14-5-7-15(24-3)8-6-14/h4-10,13H,11H2,1-3H3,(H,19,21)/t13-/m0/s1. The zero-order chi connectivity index (χ0) is 18.4. The quantitative estimate of drug-likeness (QED) is 0.616. The fraction of sp³-hybridized carbons (Fsp3) is 0.278. The molecule has 0 saturated carbocycles. The highest BCUT2D eigenvalue weighted by atomic mass is 16.6. The van der Waals surface area contributed by atoms with Gasteiger partial charge in [-0.15, -0.1) is 0 Å². The second kappa shape index (κ2) is 8.14. The number of nitrogens with zero attached hydrogens (tertiary/aromatic N) is 1. The fourth-order valence-corrected chi connectivity index (χ4v) is 2.19. The lowest BCUT2D eigenvalue weighted by Gasteiger charge is -2.15. The van der Waals surface area contributed by atoms with E-state index >= 15 is 0 Å². The summed E-state index contributed by atoms with van der Waals surface area (Å²) in [6, 6.07) is 11.9. The maximum Gasteiger partial charge on any atom is 0.311 e. The Balaban J connectivity index is 1.97. The molecule has 2 aromatic carbocycles. The van der Waals surface area contributed by atoms with E-state index < -0.39 is 11.0 Å². The summed E-state index contributed by atoms with van der Waals surface area (Å²) in [4.78, 5) is 22.7. The number of nitro groups is 1. The largest absolute Gasteiger partial charge is 0.497 e. The van der Waals surface area contributed by atoms with Crippen molar-refractivity contribution < 1.29 is 19.2 Å². The molecular weight excluding hydrogens is 324 g/mol. The normalized spacial score (nSPS) is 11.5. The molecule has 2 aromatic rings. The van der Waals surface area contributed by atoms with Gasteiger partial charge in [-0.25, -0.2) is 0 Å². The van der Waals surface area contributed by atoms with E-state index in [1.807, 2.05) is 12.1 Å². The van der Waals surface area contributed by atoms with E-state index in [9.17, 15) is 14.9 Å². The van der Waals surface area contributed by atoms with Crippen molar-refractivity contribution in [3.05, 3.63) is 63.7 Å². The van der Waals surface area contributed by atoms with Gasteiger partial charge in [0.2, 0.25) is 0 Å². The third kappa shape index (κ3) is 4.94. The Morgan fingerprint density at radius 2 is 1.92 bits per heavy atom. The van der Waals surface area contributed by atoms with Gasteiger partial charge in [-0.05, 0) is 43.2 Å². The monoisotopic (exact) mass is 344 g/mol. The summed E-state index contributed by atoms with van der Waals surface area (Å²) in [6.45, 7) is 3.63. The van der Waals surface area contributed by atoms with Crippen molar-refractivity contribution >= 4 is 11.6 Å². The first-order chi connectivity index (χ1) is 11.9. The first-order valence-electron chi connectivity index (χ1n) is 7.73. The van der Waals surface area contributed by atoms with Crippen LogP contribution in [-0.2, 0) is 11.3 Å². The molecule has 7 nitrogen and oxygen atoms in total. The van der Waals surface area contributed by atoms with Crippen LogP contribution in [0.1, 0.15) is 18.1 Å². The van der Waals surface area contributed by atoms with Gasteiger partial charge in [0.25, 0.3) is 5.91 Å². The number of hydrogen-bond donors (Lipinski definition) is 1. The molecule has 0 unspecified atom stereocenters. The van der Waals surface area contributed by atoms with E-state index in [-0.39, 0.29) is 17.3 Å². The number of carbonyl (C=O) groups is 1. The van der Waals surface area contributed by atoms with Crippen LogP contribution in [0, 0.1) is 17.0 Å². The van der Waals surface area contributed by atoms with Crippen LogP contribution in [0.25, 0.3) is 0 Å². The van der Waals surface area contributed by atoms with E-state index in [1.165, 1.54) is 12.1 Å². The summed E-state index contributed by atoms with van der Waals surface area (Å²) in [5.74, 6) is 0.451. The van der Waals surface area contributed by atoms with Gasteiger partial charge in [-0.1, -0.05) is 18.2 Å². The summed E-state index contributed by atoms with van der Waals surface area (Å²) in [5, 5.41) is 13.8. The molecule has 0 aromatic heterocycles. The third-order valence-corrected chi connectivity index (χ3v) is 3.61. The highest BCUT2D eigenvalue weighted by Gasteiger charge is 2.21. The van der Waals surface area contributed by atoms with E-state index in [0.29, 0.717) is 6.54 Å². The van der Waals surface area contributed by atoms with Gasteiger partial charge in [0.05, 0.1) is 12.0 Å². The molecule has 1 N–H and O–H groups in total. The number of rotatable bonds is 7. The van der Waals surface area contributed by atoms with Crippen molar-refractivity contribution in [2.24, 2.45) is 0 Å². The van der Waals surface area contributed by atoms with Crippen LogP contribution in [0.2, 0.25) is 0 Å². The van der Waals surface area contributed by atoms with Crippen LogP contribution in [-0.4, -0.2) is 24.0 Å². The van der Waals surface area contributed by atoms with Gasteiger partial charge < -0.3 is 14.8 Å². The van der Waals surface area contributed by atoms with Crippen molar-refractivity contribution in [2.75, 3.05) is 7.11 Å². The average molecular weight is 344 g/mol. The number of aryl methyl sites for hydroxylation is 1. The number of amides is 1. The molecule has 7 heteroatoms. The van der Waals surface area contributed by atoms with E-state index in [4.69, 9.17) is 9.47 Å². The fourth-order valence-electron chi connectivity index (χ4n) is 2.19. The van der Waals surface area contributed by atoms with Crippen molar-refractivity contribution in [2.45, 2.75) is 26.5 Å². The van der Waals surface area contributed by atoms with E-state index in [2.05, 4.69) is 5.32 Å². The third-order valence-electron chi connectivity index (χ3n) is 3.61. The Morgan fingerprint density at radius 3 is 2.52 bits per heavy atom. The number of ether oxygens (including phenoxy) is 2. The molecule has 0 aliphatic carbocycles. The van der Waals surface area contributed by atoms with Crippen LogP contribution < -0.4 is 14.8 Å². The van der Waals surface area contributed by atoms with E-state index in [0.717, 1.165) is 16.9 Å². The second-order valence-electron chi connectivity index (χ2n) is 5.55. The molecular formula is C18H20N2O5. The van der Waals surface area contributed by atoms with Crippen LogP contribution >= 0.6 is 0 Å². The van der Waals surface area contributed by atoms with Crippen LogP contribution in [0.15, 0.2) is 42.5 Å². The number of nitro benzene ring substituents is 1. The Kier molecular flexibility index (Phi) is 5.94. The Labute approximate surface area is 145 Å². The van der Waals surface area contributed by atoms with Gasteiger partial charge >= 0.3 is 5.69 Å². The van der Waals surface area contributed by atoms with Crippen LogP contribution in [0.5, 0.6) is 11.5 Å². The zero-order valence-electron chi connectivity index (χ0n) is 14.3. The zero-order valence-corrected chi connectivity index (χ0v) is 14.3. The summed E-state index contributed by atoms with van der Waals surface area (Å²) in [6.07, 6.45) is -0.861. The lowest BCUT2D eigenvalue weighted by molar-refractivity contribution is -0.386. The molecule has 0 bridgehead atoms. The molecule has 1 amide bonds. The smallest absolute Gasteiger partial charge is 0.311 e. The average Bonchev–Trinajstić information content (AvgIpc) is 2.61. The number of nitrogens with one attached hydrogen (secondary N) is 1. The van der Waals surface area contributed by atoms with Crippen LogP contribution in [0.3, 0.4) is 0 Å². The Morgan fingerprint density at radius 1 is 1.24 bits per heavy atom. The summed E-state index contributed by atoms with van der Waals surface area (Å²) < 4.78 is 10.6. The highest BCUT2D eigenvalue weighted by molar-refractivity contribution is 5.80. The molecule has 0 fully saturated rings. The first kappa shape index (κ1) is 18.3. The SMILES string of the molecule is COc1ccc(CNC(=O)[C@H](C)Oc2ccc(C)cc2[N+](=O)[O-])cc1. The van der Waals surface area contributed by atoms with Crippen molar-refractivity contribution in [1.82, 2.24) is 5.32 Å². The maximum absolute atomic E-state index is 12.2. The maximum atomic E-state index is 12.2. The molecule has 0 heterocycles. The number of carbonyl (C=O) groups excluding carboxylic acids is 1. The molecule has 2 rings (SSSR count). The lowest BCUT2D eigenvalue weighted by Crippen LogP contribution is -2.36. The topological polar surface area (TPSA) is 90.7 Å². The minimum absolute atomic E-state index is 0.0719. The van der Waals surface area contributed by atoms with Gasteiger partial charge in [-0.2, -0.15) is 0 Å². The highest BCUT2D eigenvalue weighted by Crippen LogP contribution is 2.28. The van der Waals surface area contributed by atoms with Gasteiger partial charge in [-0.3, -0.25) is 14.9 Å². The summed E-state index contributed by atoms with van der Waals surface area (Å²) >= 11 is 0. The second-order valence-corrected chi connectivity index (χ2v) is 5.55. The Bertz CT molecular complexity index is 759. The molecule has 0 radical (unpaired) electrons. The van der Waals surface area contributed by atoms with Crippen molar-refractivity contribution in [3.8, 4) is 11.5 Å². The van der Waals surface area contributed by atoms with Crippen molar-refractivity contribution in [3.63, 3.8) is 0 Å². The van der Waals surface area contributed by atoms with Crippen LogP contribution in [0.4, 0.5) is 5.69 Å². The number of benzene rings is 2. The van der Waals surface area contributed by atoms with E-state index in [1.54, 1.807) is 39.2 Å². The lowest BCUT2D eigenvalue weighted by atomic mass is 10.2. The number of methoxy groups -OCH3 is 1. The molecule has 0 aliphatic heterocycles. The predicted molar refractivity (Wildman–Crippen MR) is 92.8 cm³/mol. The first-order valence-corrected chi connectivity index (χ1v) is 7.73. The minimum atomic E-state index is -0.861. The number of hydrogen-bond acceptors (Lipinski definition) is 5.